The second-order valence-corrected chi connectivity index (χ2v) is 8.13. The molecule has 0 radical (unpaired) electrons. The lowest BCUT2D eigenvalue weighted by Gasteiger charge is -2.39. The van der Waals surface area contributed by atoms with Gasteiger partial charge in [-0.1, -0.05) is 27.7 Å². The number of rotatable bonds is 8. The smallest absolute Gasteiger partial charge is 0.0686 e. The summed E-state index contributed by atoms with van der Waals surface area (Å²) in [5, 5.41) is 13.4. The number of ether oxygens (including phenoxy) is 1. The zero-order chi connectivity index (χ0) is 15.7. The van der Waals surface area contributed by atoms with Crippen molar-refractivity contribution in [3.63, 3.8) is 0 Å². The number of hydrogen-bond acceptors (Lipinski definition) is 3. The van der Waals surface area contributed by atoms with Gasteiger partial charge in [0.1, 0.15) is 0 Å². The van der Waals surface area contributed by atoms with Gasteiger partial charge in [0.15, 0.2) is 0 Å². The van der Waals surface area contributed by atoms with E-state index in [2.05, 4.69) is 39.9 Å². The molecule has 0 saturated heterocycles. The molecule has 124 valence electrons. The molecule has 2 saturated carbocycles. The molecule has 0 unspecified atom stereocenters. The van der Waals surface area contributed by atoms with E-state index in [1.807, 2.05) is 0 Å². The van der Waals surface area contributed by atoms with Gasteiger partial charge in [0.05, 0.1) is 12.2 Å². The summed E-state index contributed by atoms with van der Waals surface area (Å²) in [5.74, 6) is 0.824. The maximum Gasteiger partial charge on any atom is 0.0686 e. The van der Waals surface area contributed by atoms with Gasteiger partial charge in [-0.3, -0.25) is 0 Å². The Hall–Kier alpha value is -0.120. The summed E-state index contributed by atoms with van der Waals surface area (Å²) in [4.78, 5) is 0. The molecule has 0 aromatic heterocycles. The summed E-state index contributed by atoms with van der Waals surface area (Å²) < 4.78 is 6.19. The average Bonchev–Trinajstić information content (AvgIpc) is 2.77. The summed E-state index contributed by atoms with van der Waals surface area (Å²) in [5.41, 5.74) is 0.742. The molecular weight excluding hydrogens is 262 g/mol. The molecule has 0 spiro atoms. The van der Waals surface area contributed by atoms with Crippen LogP contribution < -0.4 is 5.32 Å². The molecule has 0 heterocycles. The van der Waals surface area contributed by atoms with Crippen molar-refractivity contribution >= 4 is 0 Å². The highest BCUT2D eigenvalue weighted by Crippen LogP contribution is 2.66. The fraction of sp³-hybridized carbons (Fsp3) is 1.00. The fourth-order valence-electron chi connectivity index (χ4n) is 4.31. The first kappa shape index (κ1) is 17.2. The van der Waals surface area contributed by atoms with Crippen molar-refractivity contribution in [2.75, 3.05) is 13.2 Å². The zero-order valence-electron chi connectivity index (χ0n) is 14.6. The van der Waals surface area contributed by atoms with Gasteiger partial charge in [-0.15, -0.1) is 0 Å². The van der Waals surface area contributed by atoms with Gasteiger partial charge in [-0.25, -0.2) is 0 Å². The molecule has 0 aliphatic heterocycles. The molecule has 3 nitrogen and oxygen atoms in total. The van der Waals surface area contributed by atoms with E-state index < -0.39 is 0 Å². The van der Waals surface area contributed by atoms with Crippen LogP contribution in [0.3, 0.4) is 0 Å². The summed E-state index contributed by atoms with van der Waals surface area (Å²) >= 11 is 0. The first-order chi connectivity index (χ1) is 9.81. The fourth-order valence-corrected chi connectivity index (χ4v) is 4.31. The molecule has 2 fully saturated rings. The topological polar surface area (TPSA) is 41.5 Å². The van der Waals surface area contributed by atoms with Crippen molar-refractivity contribution in [3.8, 4) is 0 Å². The predicted molar refractivity (Wildman–Crippen MR) is 87.3 cm³/mol. The Balaban J connectivity index is 1.70. The summed E-state index contributed by atoms with van der Waals surface area (Å²) in [6.07, 6.45) is 5.81. The monoisotopic (exact) mass is 297 g/mol. The van der Waals surface area contributed by atoms with Gasteiger partial charge >= 0.3 is 0 Å². The van der Waals surface area contributed by atoms with Crippen LogP contribution in [-0.4, -0.2) is 36.5 Å². The van der Waals surface area contributed by atoms with Crippen molar-refractivity contribution in [1.82, 2.24) is 5.32 Å². The highest BCUT2D eigenvalue weighted by molar-refractivity contribution is 5.11. The first-order valence-electron chi connectivity index (χ1n) is 8.84. The van der Waals surface area contributed by atoms with E-state index in [1.54, 1.807) is 0 Å². The Kier molecular flexibility index (Phi) is 5.38. The van der Waals surface area contributed by atoms with E-state index in [0.29, 0.717) is 36.1 Å². The lowest BCUT2D eigenvalue weighted by Crippen LogP contribution is -2.38. The number of nitrogens with one attached hydrogen (secondary N) is 1. The third-order valence-corrected chi connectivity index (χ3v) is 6.80. The number of hydrogen-bond donors (Lipinski definition) is 2. The Morgan fingerprint density at radius 1 is 1.33 bits per heavy atom. The van der Waals surface area contributed by atoms with E-state index >= 15 is 0 Å². The molecule has 2 rings (SSSR count). The van der Waals surface area contributed by atoms with Gasteiger partial charge in [0.25, 0.3) is 0 Å². The normalized spacial score (nSPS) is 36.9. The molecule has 2 N–H and O–H groups in total. The Morgan fingerprint density at radius 2 is 2.05 bits per heavy atom. The molecule has 5 atom stereocenters. The highest BCUT2D eigenvalue weighted by Gasteiger charge is 2.61. The van der Waals surface area contributed by atoms with Gasteiger partial charge < -0.3 is 15.2 Å². The van der Waals surface area contributed by atoms with E-state index in [9.17, 15) is 5.11 Å². The van der Waals surface area contributed by atoms with E-state index in [-0.39, 0.29) is 6.10 Å². The largest absolute Gasteiger partial charge is 0.392 e. The van der Waals surface area contributed by atoms with Crippen molar-refractivity contribution in [2.45, 2.75) is 85.0 Å². The van der Waals surface area contributed by atoms with Crippen LogP contribution in [0.2, 0.25) is 0 Å². The molecule has 0 aromatic carbocycles. The second-order valence-electron chi connectivity index (χ2n) is 8.13. The van der Waals surface area contributed by atoms with Crippen LogP contribution >= 0.6 is 0 Å². The van der Waals surface area contributed by atoms with Crippen LogP contribution in [0, 0.1) is 16.7 Å². The Morgan fingerprint density at radius 3 is 2.57 bits per heavy atom. The van der Waals surface area contributed by atoms with Crippen LogP contribution in [0.1, 0.15) is 66.7 Å². The molecule has 2 aliphatic rings. The number of aliphatic hydroxyl groups is 1. The molecule has 3 heteroatoms. The standard InChI is InChI=1S/C18H35NO2/c1-6-13(2)19-12-15(20)8-10-21-16-11-14-7-9-18(16,5)17(14,3)4/h13-16,19-20H,6-12H2,1-5H3/t13-,14+,15+,16+,18+/m0/s1. The van der Waals surface area contributed by atoms with E-state index in [1.165, 1.54) is 19.3 Å². The van der Waals surface area contributed by atoms with Crippen LogP contribution in [0.5, 0.6) is 0 Å². The molecule has 0 aromatic rings. The van der Waals surface area contributed by atoms with Crippen LogP contribution in [-0.2, 0) is 4.74 Å². The predicted octanol–water partition coefficient (Wildman–Crippen LogP) is 3.36. The minimum absolute atomic E-state index is 0.293. The number of fused-ring (bicyclic) bond motifs is 2. The van der Waals surface area contributed by atoms with Crippen molar-refractivity contribution < 1.29 is 9.84 Å². The van der Waals surface area contributed by atoms with Crippen molar-refractivity contribution in [2.24, 2.45) is 16.7 Å². The SMILES string of the molecule is CC[C@H](C)NC[C@H](O)CCO[C@@H]1C[C@H]2CC[C@@]1(C)C2(C)C. The third kappa shape index (κ3) is 3.30. The maximum atomic E-state index is 10.0. The van der Waals surface area contributed by atoms with Crippen LogP contribution in [0.15, 0.2) is 0 Å². The van der Waals surface area contributed by atoms with Crippen molar-refractivity contribution in [3.05, 3.63) is 0 Å². The van der Waals surface area contributed by atoms with Crippen LogP contribution in [0.25, 0.3) is 0 Å². The maximum absolute atomic E-state index is 10.0. The third-order valence-electron chi connectivity index (χ3n) is 6.80. The number of aliphatic hydroxyl groups excluding tert-OH is 1. The van der Waals surface area contributed by atoms with Crippen LogP contribution in [0.4, 0.5) is 0 Å². The van der Waals surface area contributed by atoms with Gasteiger partial charge in [-0.05, 0) is 55.8 Å². The zero-order valence-corrected chi connectivity index (χ0v) is 14.6. The van der Waals surface area contributed by atoms with E-state index in [4.69, 9.17) is 4.74 Å². The summed E-state index contributed by atoms with van der Waals surface area (Å²) in [6, 6.07) is 0.478. The second kappa shape index (κ2) is 6.55. The van der Waals surface area contributed by atoms with Crippen molar-refractivity contribution in [1.29, 1.82) is 0 Å². The minimum Gasteiger partial charge on any atom is -0.392 e. The highest BCUT2D eigenvalue weighted by atomic mass is 16.5. The Bertz CT molecular complexity index is 344. The van der Waals surface area contributed by atoms with Gasteiger partial charge in [-0.2, -0.15) is 0 Å². The molecule has 2 aliphatic carbocycles. The van der Waals surface area contributed by atoms with Gasteiger partial charge in [0.2, 0.25) is 0 Å². The Labute approximate surface area is 130 Å². The molecule has 21 heavy (non-hydrogen) atoms. The molecule has 2 bridgehead atoms. The molecular formula is C18H35NO2. The average molecular weight is 297 g/mol. The van der Waals surface area contributed by atoms with E-state index in [0.717, 1.165) is 18.8 Å². The minimum atomic E-state index is -0.293. The van der Waals surface area contributed by atoms with Gasteiger partial charge in [0, 0.05) is 19.2 Å². The quantitative estimate of drug-likeness (QED) is 0.722. The lowest BCUT2D eigenvalue weighted by atomic mass is 9.70. The molecule has 0 amide bonds. The first-order valence-corrected chi connectivity index (χ1v) is 8.84. The lowest BCUT2D eigenvalue weighted by molar-refractivity contribution is -0.0546. The summed E-state index contributed by atoms with van der Waals surface area (Å²) in [6.45, 7) is 12.9. The summed E-state index contributed by atoms with van der Waals surface area (Å²) in [7, 11) is 0.